The van der Waals surface area contributed by atoms with Crippen molar-refractivity contribution in [3.63, 3.8) is 0 Å². The fraction of sp³-hybridized carbons (Fsp3) is 0.222. The van der Waals surface area contributed by atoms with Crippen LogP contribution >= 0.6 is 0 Å². The van der Waals surface area contributed by atoms with E-state index in [4.69, 9.17) is 10.8 Å². The van der Waals surface area contributed by atoms with Crippen LogP contribution in [-0.4, -0.2) is 27.4 Å². The van der Waals surface area contributed by atoms with Crippen molar-refractivity contribution >= 4 is 17.0 Å². The predicted octanol–water partition coefficient (Wildman–Crippen LogP) is 0.177. The molecule has 1 heterocycles. The van der Waals surface area contributed by atoms with Crippen LogP contribution in [0.3, 0.4) is 0 Å². The summed E-state index contributed by atoms with van der Waals surface area (Å²) in [5, 5.41) is 16.0. The molecule has 6 heteroatoms. The van der Waals surface area contributed by atoms with E-state index in [0.29, 0.717) is 11.0 Å². The van der Waals surface area contributed by atoms with Gasteiger partial charge in [-0.05, 0) is 21.9 Å². The predicted molar refractivity (Wildman–Crippen MR) is 51.1 cm³/mol. The quantitative estimate of drug-likeness (QED) is 0.744. The molecule has 1 atom stereocenters. The second kappa shape index (κ2) is 3.66. The molecule has 0 aliphatic heterocycles. The van der Waals surface area contributed by atoms with Crippen molar-refractivity contribution in [2.45, 2.75) is 12.5 Å². The highest BCUT2D eigenvalue weighted by Gasteiger charge is 2.15. The monoisotopic (exact) mass is 207 g/mol. The summed E-state index contributed by atoms with van der Waals surface area (Å²) in [5.74, 6) is -1.04. The van der Waals surface area contributed by atoms with Crippen molar-refractivity contribution in [1.29, 1.82) is 0 Å². The third kappa shape index (κ3) is 1.79. The van der Waals surface area contributed by atoms with Gasteiger partial charge in [0.25, 0.3) is 0 Å². The molecule has 1 aromatic carbocycles. The van der Waals surface area contributed by atoms with Gasteiger partial charge in [-0.1, -0.05) is 12.1 Å². The average Bonchev–Trinajstić information content (AvgIpc) is 2.66. The third-order valence-corrected chi connectivity index (χ3v) is 2.13. The van der Waals surface area contributed by atoms with Crippen molar-refractivity contribution in [2.24, 2.45) is 5.73 Å². The number of rotatable bonds is 3. The summed E-state index contributed by atoms with van der Waals surface area (Å²) in [6.45, 7) is 0. The van der Waals surface area contributed by atoms with Crippen molar-refractivity contribution < 1.29 is 14.5 Å². The first-order valence-electron chi connectivity index (χ1n) is 4.37. The van der Waals surface area contributed by atoms with Crippen LogP contribution in [0.5, 0.6) is 0 Å². The van der Waals surface area contributed by atoms with Crippen LogP contribution in [0.4, 0.5) is 0 Å². The number of hydrogen-bond donors (Lipinski definition) is 2. The van der Waals surface area contributed by atoms with Gasteiger partial charge in [0, 0.05) is 6.42 Å². The molecule has 2 rings (SSSR count). The molecule has 1 unspecified atom stereocenters. The molecule has 0 amide bonds. The number of hydrogen-bond acceptors (Lipinski definition) is 5. The van der Waals surface area contributed by atoms with Crippen LogP contribution in [0.15, 0.2) is 22.8 Å². The lowest BCUT2D eigenvalue weighted by atomic mass is 10.1. The summed E-state index contributed by atoms with van der Waals surface area (Å²) in [7, 11) is 0. The Morgan fingerprint density at radius 3 is 3.07 bits per heavy atom. The molecule has 15 heavy (non-hydrogen) atoms. The van der Waals surface area contributed by atoms with E-state index in [9.17, 15) is 4.79 Å². The maximum absolute atomic E-state index is 10.6. The first-order valence-corrected chi connectivity index (χ1v) is 4.37. The number of aromatic nitrogens is 2. The Balaban J connectivity index is 2.35. The molecule has 0 aliphatic carbocycles. The van der Waals surface area contributed by atoms with Gasteiger partial charge in [-0.15, -0.1) is 0 Å². The molecule has 3 N–H and O–H groups in total. The lowest BCUT2D eigenvalue weighted by Crippen LogP contribution is -2.32. The van der Waals surface area contributed by atoms with Crippen molar-refractivity contribution in [3.8, 4) is 0 Å². The average molecular weight is 207 g/mol. The van der Waals surface area contributed by atoms with Gasteiger partial charge >= 0.3 is 5.97 Å². The lowest BCUT2D eigenvalue weighted by Gasteiger charge is -2.05. The highest BCUT2D eigenvalue weighted by Crippen LogP contribution is 2.15. The van der Waals surface area contributed by atoms with Crippen LogP contribution in [0.2, 0.25) is 0 Å². The smallest absolute Gasteiger partial charge is 0.320 e. The van der Waals surface area contributed by atoms with Gasteiger partial charge in [0.05, 0.1) is 0 Å². The zero-order valence-corrected chi connectivity index (χ0v) is 7.75. The number of carboxylic acids is 1. The van der Waals surface area contributed by atoms with Crippen LogP contribution in [0.25, 0.3) is 11.0 Å². The largest absolute Gasteiger partial charge is 0.480 e. The molecular formula is C9H9N3O3. The molecular weight excluding hydrogens is 198 g/mol. The van der Waals surface area contributed by atoms with Crippen molar-refractivity contribution in [3.05, 3.63) is 23.8 Å². The summed E-state index contributed by atoms with van der Waals surface area (Å²) in [4.78, 5) is 10.6. The van der Waals surface area contributed by atoms with Gasteiger partial charge in [-0.3, -0.25) is 4.79 Å². The molecule has 0 bridgehead atoms. The second-order valence-electron chi connectivity index (χ2n) is 3.20. The maximum Gasteiger partial charge on any atom is 0.320 e. The third-order valence-electron chi connectivity index (χ3n) is 2.13. The van der Waals surface area contributed by atoms with E-state index in [-0.39, 0.29) is 6.42 Å². The van der Waals surface area contributed by atoms with Gasteiger partial charge in [-0.25, -0.2) is 4.63 Å². The van der Waals surface area contributed by atoms with E-state index in [1.165, 1.54) is 0 Å². The number of aliphatic carboxylic acids is 1. The minimum Gasteiger partial charge on any atom is -0.480 e. The number of benzene rings is 1. The van der Waals surface area contributed by atoms with E-state index in [1.807, 2.05) is 0 Å². The number of nitrogens with two attached hydrogens (primary N) is 1. The topological polar surface area (TPSA) is 102 Å². The van der Waals surface area contributed by atoms with Gasteiger partial charge < -0.3 is 10.8 Å². The first-order chi connectivity index (χ1) is 7.18. The van der Waals surface area contributed by atoms with E-state index in [1.54, 1.807) is 18.2 Å². The molecule has 2 aromatic rings. The number of fused-ring (bicyclic) bond motifs is 1. The summed E-state index contributed by atoms with van der Waals surface area (Å²) in [6, 6.07) is 4.32. The summed E-state index contributed by atoms with van der Waals surface area (Å²) >= 11 is 0. The minimum atomic E-state index is -1.04. The molecule has 0 spiro atoms. The van der Waals surface area contributed by atoms with Gasteiger partial charge in [0.1, 0.15) is 17.1 Å². The minimum absolute atomic E-state index is 0.209. The lowest BCUT2D eigenvalue weighted by molar-refractivity contribution is -0.138. The Labute approximate surface area is 84.6 Å². The fourth-order valence-electron chi connectivity index (χ4n) is 1.35. The van der Waals surface area contributed by atoms with E-state index in [2.05, 4.69) is 14.9 Å². The Hall–Kier alpha value is -1.95. The molecule has 0 saturated heterocycles. The molecule has 0 fully saturated rings. The Morgan fingerprint density at radius 2 is 2.33 bits per heavy atom. The van der Waals surface area contributed by atoms with Crippen LogP contribution in [0.1, 0.15) is 5.56 Å². The number of nitrogens with zero attached hydrogens (tertiary/aromatic N) is 2. The number of carboxylic acid groups (broad SMARTS) is 1. The standard InChI is InChI=1S/C9H9N3O3/c10-6(9(13)14)4-5-2-1-3-7-8(5)12-15-11-7/h1-3,6H,4,10H2,(H,13,14). The molecule has 78 valence electrons. The summed E-state index contributed by atoms with van der Waals surface area (Å²) in [5.41, 5.74) is 7.32. The highest BCUT2D eigenvalue weighted by molar-refractivity contribution is 5.79. The summed E-state index contributed by atoms with van der Waals surface area (Å²) < 4.78 is 4.56. The highest BCUT2D eigenvalue weighted by atomic mass is 16.6. The Bertz CT molecular complexity index is 494. The Morgan fingerprint density at radius 1 is 1.53 bits per heavy atom. The molecule has 0 saturated carbocycles. The van der Waals surface area contributed by atoms with Gasteiger partial charge in [0.2, 0.25) is 0 Å². The Kier molecular flexibility index (Phi) is 2.34. The zero-order valence-electron chi connectivity index (χ0n) is 7.75. The van der Waals surface area contributed by atoms with E-state index >= 15 is 0 Å². The SMILES string of the molecule is NC(Cc1cccc2nonc12)C(=O)O. The summed E-state index contributed by atoms with van der Waals surface area (Å²) in [6.07, 6.45) is 0.209. The number of carbonyl (C=O) groups is 1. The van der Waals surface area contributed by atoms with Crippen LogP contribution in [-0.2, 0) is 11.2 Å². The van der Waals surface area contributed by atoms with Crippen molar-refractivity contribution in [2.75, 3.05) is 0 Å². The molecule has 1 aromatic heterocycles. The van der Waals surface area contributed by atoms with E-state index < -0.39 is 12.0 Å². The van der Waals surface area contributed by atoms with Gasteiger partial charge in [0.15, 0.2) is 0 Å². The molecule has 6 nitrogen and oxygen atoms in total. The van der Waals surface area contributed by atoms with E-state index in [0.717, 1.165) is 5.56 Å². The first kappa shape index (κ1) is 9.60. The van der Waals surface area contributed by atoms with Gasteiger partial charge in [-0.2, -0.15) is 0 Å². The van der Waals surface area contributed by atoms with Crippen molar-refractivity contribution in [1.82, 2.24) is 10.3 Å². The second-order valence-corrected chi connectivity index (χ2v) is 3.20. The normalized spacial score (nSPS) is 12.9. The molecule has 0 radical (unpaired) electrons. The maximum atomic E-state index is 10.6. The fourth-order valence-corrected chi connectivity index (χ4v) is 1.35. The van der Waals surface area contributed by atoms with Crippen LogP contribution < -0.4 is 5.73 Å². The zero-order chi connectivity index (χ0) is 10.8. The van der Waals surface area contributed by atoms with Crippen LogP contribution in [0, 0.1) is 0 Å². The molecule has 0 aliphatic rings.